The lowest BCUT2D eigenvalue weighted by atomic mass is 10.1. The second-order valence-corrected chi connectivity index (χ2v) is 4.80. The SMILES string of the molecule is Nc1nc(Nc2ccc(Cl)cc2)nnc1-c1ccccc1. The smallest absolute Gasteiger partial charge is 0.249 e. The molecule has 0 spiro atoms. The maximum absolute atomic E-state index is 5.96. The third-order valence-electron chi connectivity index (χ3n) is 2.86. The van der Waals surface area contributed by atoms with Gasteiger partial charge in [0.25, 0.3) is 0 Å². The number of nitrogens with one attached hydrogen (secondary N) is 1. The van der Waals surface area contributed by atoms with E-state index >= 15 is 0 Å². The fourth-order valence-corrected chi connectivity index (χ4v) is 1.98. The molecular formula is C15H12ClN5. The Labute approximate surface area is 126 Å². The van der Waals surface area contributed by atoms with Gasteiger partial charge in [-0.05, 0) is 24.3 Å². The van der Waals surface area contributed by atoms with Gasteiger partial charge in [0, 0.05) is 16.3 Å². The summed E-state index contributed by atoms with van der Waals surface area (Å²) in [6.07, 6.45) is 0. The maximum atomic E-state index is 5.96. The van der Waals surface area contributed by atoms with Crippen LogP contribution < -0.4 is 11.1 Å². The van der Waals surface area contributed by atoms with Gasteiger partial charge in [-0.1, -0.05) is 41.9 Å². The van der Waals surface area contributed by atoms with E-state index in [-0.39, 0.29) is 0 Å². The standard InChI is InChI=1S/C15H12ClN5/c16-11-6-8-12(9-7-11)18-15-19-14(17)13(20-21-15)10-4-2-1-3-5-10/h1-9H,(H3,17,18,19,21). The fraction of sp³-hybridized carbons (Fsp3) is 0. The van der Waals surface area contributed by atoms with Crippen LogP contribution in [0.1, 0.15) is 0 Å². The molecule has 0 fully saturated rings. The first kappa shape index (κ1) is 13.3. The number of rotatable bonds is 3. The molecule has 1 aromatic heterocycles. The molecule has 1 heterocycles. The molecule has 0 amide bonds. The van der Waals surface area contributed by atoms with Gasteiger partial charge in [0.05, 0.1) is 0 Å². The van der Waals surface area contributed by atoms with Crippen LogP contribution in [0.3, 0.4) is 0 Å². The van der Waals surface area contributed by atoms with Crippen molar-refractivity contribution in [1.82, 2.24) is 15.2 Å². The molecule has 3 rings (SSSR count). The largest absolute Gasteiger partial charge is 0.382 e. The van der Waals surface area contributed by atoms with Crippen molar-refractivity contribution < 1.29 is 0 Å². The molecule has 0 bridgehead atoms. The van der Waals surface area contributed by atoms with E-state index in [2.05, 4.69) is 20.5 Å². The normalized spacial score (nSPS) is 10.3. The zero-order valence-corrected chi connectivity index (χ0v) is 11.7. The van der Waals surface area contributed by atoms with E-state index in [1.807, 2.05) is 42.5 Å². The van der Waals surface area contributed by atoms with Gasteiger partial charge < -0.3 is 11.1 Å². The van der Waals surface area contributed by atoms with Crippen LogP contribution in [-0.2, 0) is 0 Å². The topological polar surface area (TPSA) is 76.7 Å². The van der Waals surface area contributed by atoms with Crippen LogP contribution in [-0.4, -0.2) is 15.2 Å². The van der Waals surface area contributed by atoms with Crippen molar-refractivity contribution in [3.05, 3.63) is 59.6 Å². The highest BCUT2D eigenvalue weighted by molar-refractivity contribution is 6.30. The first-order valence-electron chi connectivity index (χ1n) is 6.30. The molecule has 3 aromatic rings. The molecule has 2 aromatic carbocycles. The summed E-state index contributed by atoms with van der Waals surface area (Å²) < 4.78 is 0. The van der Waals surface area contributed by atoms with Gasteiger partial charge in [0.15, 0.2) is 5.82 Å². The number of halogens is 1. The van der Waals surface area contributed by atoms with Crippen LogP contribution >= 0.6 is 11.6 Å². The summed E-state index contributed by atoms with van der Waals surface area (Å²) in [4.78, 5) is 4.23. The molecule has 21 heavy (non-hydrogen) atoms. The van der Waals surface area contributed by atoms with Gasteiger partial charge in [-0.2, -0.15) is 4.98 Å². The molecular weight excluding hydrogens is 286 g/mol. The Kier molecular flexibility index (Phi) is 3.66. The summed E-state index contributed by atoms with van der Waals surface area (Å²) in [5.74, 6) is 0.669. The average molecular weight is 298 g/mol. The van der Waals surface area contributed by atoms with Gasteiger partial charge in [-0.25, -0.2) is 0 Å². The first-order valence-corrected chi connectivity index (χ1v) is 6.68. The molecule has 6 heteroatoms. The lowest BCUT2D eigenvalue weighted by Gasteiger charge is -2.07. The summed E-state index contributed by atoms with van der Waals surface area (Å²) in [7, 11) is 0. The lowest BCUT2D eigenvalue weighted by molar-refractivity contribution is 0.992. The second-order valence-electron chi connectivity index (χ2n) is 4.37. The number of aromatic nitrogens is 3. The summed E-state index contributed by atoms with van der Waals surface area (Å²) in [5, 5.41) is 11.9. The Balaban J connectivity index is 1.86. The van der Waals surface area contributed by atoms with E-state index in [4.69, 9.17) is 17.3 Å². The zero-order chi connectivity index (χ0) is 14.7. The van der Waals surface area contributed by atoms with E-state index < -0.39 is 0 Å². The monoisotopic (exact) mass is 297 g/mol. The van der Waals surface area contributed by atoms with Gasteiger partial charge in [0.1, 0.15) is 5.69 Å². The molecule has 104 valence electrons. The predicted molar refractivity (Wildman–Crippen MR) is 84.4 cm³/mol. The average Bonchev–Trinajstić information content (AvgIpc) is 2.51. The second kappa shape index (κ2) is 5.76. The number of nitrogen functional groups attached to an aromatic ring is 1. The van der Waals surface area contributed by atoms with E-state index in [1.54, 1.807) is 12.1 Å². The maximum Gasteiger partial charge on any atom is 0.249 e. The highest BCUT2D eigenvalue weighted by Crippen LogP contribution is 2.22. The van der Waals surface area contributed by atoms with Crippen molar-refractivity contribution in [2.24, 2.45) is 0 Å². The summed E-state index contributed by atoms with van der Waals surface area (Å²) >= 11 is 5.84. The van der Waals surface area contributed by atoms with Crippen LogP contribution in [0.25, 0.3) is 11.3 Å². The van der Waals surface area contributed by atoms with Crippen molar-refractivity contribution in [2.75, 3.05) is 11.1 Å². The van der Waals surface area contributed by atoms with Gasteiger partial charge >= 0.3 is 0 Å². The van der Waals surface area contributed by atoms with Crippen molar-refractivity contribution >= 4 is 29.1 Å². The van der Waals surface area contributed by atoms with Crippen LogP contribution in [0.5, 0.6) is 0 Å². The summed E-state index contributed by atoms with van der Waals surface area (Å²) in [6, 6.07) is 16.8. The molecule has 0 saturated heterocycles. The minimum Gasteiger partial charge on any atom is -0.382 e. The molecule has 0 aliphatic rings. The van der Waals surface area contributed by atoms with E-state index in [0.29, 0.717) is 22.5 Å². The van der Waals surface area contributed by atoms with Crippen LogP contribution in [0, 0.1) is 0 Å². The summed E-state index contributed by atoms with van der Waals surface area (Å²) in [6.45, 7) is 0. The molecule has 0 radical (unpaired) electrons. The van der Waals surface area contributed by atoms with Gasteiger partial charge in [-0.3, -0.25) is 0 Å². The molecule has 0 atom stereocenters. The van der Waals surface area contributed by atoms with E-state index in [1.165, 1.54) is 0 Å². The Bertz CT molecular complexity index is 744. The highest BCUT2D eigenvalue weighted by atomic mass is 35.5. The highest BCUT2D eigenvalue weighted by Gasteiger charge is 2.08. The molecule has 0 aliphatic carbocycles. The number of hydrogen-bond acceptors (Lipinski definition) is 5. The predicted octanol–water partition coefficient (Wildman–Crippen LogP) is 3.52. The first-order chi connectivity index (χ1) is 10.2. The number of benzene rings is 2. The number of nitrogens with zero attached hydrogens (tertiary/aromatic N) is 3. The van der Waals surface area contributed by atoms with E-state index in [9.17, 15) is 0 Å². The molecule has 0 aliphatic heterocycles. The minimum atomic E-state index is 0.327. The van der Waals surface area contributed by atoms with Crippen molar-refractivity contribution in [3.63, 3.8) is 0 Å². The van der Waals surface area contributed by atoms with Gasteiger partial charge in [0.2, 0.25) is 5.95 Å². The van der Waals surface area contributed by atoms with Crippen LogP contribution in [0.4, 0.5) is 17.5 Å². The minimum absolute atomic E-state index is 0.327. The molecule has 3 N–H and O–H groups in total. The zero-order valence-electron chi connectivity index (χ0n) is 11.0. The molecule has 5 nitrogen and oxygen atoms in total. The molecule has 0 unspecified atom stereocenters. The van der Waals surface area contributed by atoms with Crippen molar-refractivity contribution in [2.45, 2.75) is 0 Å². The van der Waals surface area contributed by atoms with Crippen LogP contribution in [0.2, 0.25) is 5.02 Å². The molecule has 0 saturated carbocycles. The van der Waals surface area contributed by atoms with Crippen LogP contribution in [0.15, 0.2) is 54.6 Å². The Morgan fingerprint density at radius 2 is 1.62 bits per heavy atom. The number of anilines is 3. The third kappa shape index (κ3) is 3.09. The number of nitrogens with two attached hydrogens (primary N) is 1. The quantitative estimate of drug-likeness (QED) is 0.773. The third-order valence-corrected chi connectivity index (χ3v) is 3.11. The Hall–Kier alpha value is -2.66. The van der Waals surface area contributed by atoms with Gasteiger partial charge in [-0.15, -0.1) is 10.2 Å². The number of hydrogen-bond donors (Lipinski definition) is 2. The van der Waals surface area contributed by atoms with E-state index in [0.717, 1.165) is 11.3 Å². The Morgan fingerprint density at radius 3 is 2.29 bits per heavy atom. The van der Waals surface area contributed by atoms with Crippen molar-refractivity contribution in [1.29, 1.82) is 0 Å². The van der Waals surface area contributed by atoms with Crippen molar-refractivity contribution in [3.8, 4) is 11.3 Å². The summed E-state index contributed by atoms with van der Waals surface area (Å²) in [5.41, 5.74) is 8.22. The Morgan fingerprint density at radius 1 is 0.905 bits per heavy atom. The lowest BCUT2D eigenvalue weighted by Crippen LogP contribution is -2.04. The fourth-order valence-electron chi connectivity index (χ4n) is 1.85.